The highest BCUT2D eigenvalue weighted by atomic mass is 35.5. The molecule has 0 saturated carbocycles. The van der Waals surface area contributed by atoms with E-state index in [1.54, 1.807) is 13.0 Å². The Morgan fingerprint density at radius 3 is 2.63 bits per heavy atom. The maximum absolute atomic E-state index is 14.4. The summed E-state index contributed by atoms with van der Waals surface area (Å²) < 4.78 is 19.6. The summed E-state index contributed by atoms with van der Waals surface area (Å²) in [6, 6.07) is 12.5. The Labute approximate surface area is 227 Å². The molecule has 2 amide bonds. The lowest BCUT2D eigenvalue weighted by Crippen LogP contribution is -2.35. The van der Waals surface area contributed by atoms with E-state index in [4.69, 9.17) is 16.1 Å². The average Bonchev–Trinajstić information content (AvgIpc) is 3.27. The molecule has 3 aromatic rings. The average molecular weight is 541 g/mol. The number of piperidine rings is 1. The van der Waals surface area contributed by atoms with Crippen LogP contribution in [0.3, 0.4) is 0 Å². The topological polar surface area (TPSA) is 87.5 Å². The third-order valence-corrected chi connectivity index (χ3v) is 7.28. The van der Waals surface area contributed by atoms with E-state index >= 15 is 0 Å². The van der Waals surface area contributed by atoms with Crippen molar-refractivity contribution < 1.29 is 18.5 Å². The van der Waals surface area contributed by atoms with Gasteiger partial charge in [-0.3, -0.25) is 9.59 Å². The number of likely N-dealkylation sites (tertiary alicyclic amines) is 1. The molecule has 0 spiro atoms. The number of amides is 2. The molecule has 0 radical (unpaired) electrons. The zero-order chi connectivity index (χ0) is 27.2. The summed E-state index contributed by atoms with van der Waals surface area (Å²) in [6.07, 6.45) is 2.87. The van der Waals surface area contributed by atoms with Crippen LogP contribution in [0, 0.1) is 18.7 Å². The second-order valence-electron chi connectivity index (χ2n) is 10.1. The van der Waals surface area contributed by atoms with Crippen LogP contribution in [0.2, 0.25) is 5.02 Å². The Balaban J connectivity index is 1.25. The van der Waals surface area contributed by atoms with Crippen molar-refractivity contribution in [2.75, 3.05) is 31.5 Å². The minimum atomic E-state index is -0.560. The number of nitrogens with one attached hydrogen (secondary N) is 2. The molecule has 1 aromatic heterocycles. The van der Waals surface area contributed by atoms with E-state index in [9.17, 15) is 14.0 Å². The molecule has 1 aliphatic rings. The SMILES string of the molecule is Cc1onc(-c2c(F)cccc2Cl)c1C(=O)NCCCN1CCC(c2cccc(NC(=O)C(C)C)c2)CC1. The number of aromatic nitrogens is 1. The molecular weight excluding hydrogens is 507 g/mol. The van der Waals surface area contributed by atoms with Gasteiger partial charge in [-0.25, -0.2) is 4.39 Å². The lowest BCUT2D eigenvalue weighted by Gasteiger charge is -2.32. The van der Waals surface area contributed by atoms with Crippen LogP contribution >= 0.6 is 11.6 Å². The Bertz CT molecular complexity index is 1260. The van der Waals surface area contributed by atoms with Crippen molar-refractivity contribution in [2.24, 2.45) is 5.92 Å². The van der Waals surface area contributed by atoms with Gasteiger partial charge >= 0.3 is 0 Å². The number of nitrogens with zero attached hydrogens (tertiary/aromatic N) is 2. The molecule has 4 rings (SSSR count). The van der Waals surface area contributed by atoms with Crippen LogP contribution in [-0.2, 0) is 4.79 Å². The molecule has 1 aliphatic heterocycles. The molecule has 0 bridgehead atoms. The molecule has 9 heteroatoms. The normalized spacial score (nSPS) is 14.6. The van der Waals surface area contributed by atoms with Gasteiger partial charge in [0.2, 0.25) is 5.91 Å². The van der Waals surface area contributed by atoms with Crippen molar-refractivity contribution in [1.29, 1.82) is 0 Å². The fourth-order valence-corrected chi connectivity index (χ4v) is 5.03. The first-order valence-corrected chi connectivity index (χ1v) is 13.4. The van der Waals surface area contributed by atoms with Crippen molar-refractivity contribution in [3.05, 3.63) is 70.2 Å². The van der Waals surface area contributed by atoms with Crippen LogP contribution in [0.1, 0.15) is 60.7 Å². The van der Waals surface area contributed by atoms with Gasteiger partial charge in [0.05, 0.1) is 10.6 Å². The Kier molecular flexibility index (Phi) is 9.17. The Hall–Kier alpha value is -3.23. The molecule has 0 atom stereocenters. The van der Waals surface area contributed by atoms with Crippen LogP contribution < -0.4 is 10.6 Å². The quantitative estimate of drug-likeness (QED) is 0.323. The van der Waals surface area contributed by atoms with Gasteiger partial charge in [-0.1, -0.05) is 48.8 Å². The lowest BCUT2D eigenvalue weighted by molar-refractivity contribution is -0.118. The first kappa shape index (κ1) is 27.8. The first-order chi connectivity index (χ1) is 18.2. The molecule has 2 N–H and O–H groups in total. The number of hydrogen-bond donors (Lipinski definition) is 2. The summed E-state index contributed by atoms with van der Waals surface area (Å²) in [5.41, 5.74) is 2.48. The molecule has 2 heterocycles. The number of carbonyl (C=O) groups is 2. The van der Waals surface area contributed by atoms with E-state index < -0.39 is 5.82 Å². The highest BCUT2D eigenvalue weighted by molar-refractivity contribution is 6.33. The number of rotatable bonds is 9. The lowest BCUT2D eigenvalue weighted by atomic mass is 9.89. The maximum atomic E-state index is 14.4. The molecule has 1 fully saturated rings. The number of hydrogen-bond acceptors (Lipinski definition) is 5. The fourth-order valence-electron chi connectivity index (χ4n) is 4.77. The molecule has 38 heavy (non-hydrogen) atoms. The molecule has 202 valence electrons. The molecular formula is C29H34ClFN4O3. The van der Waals surface area contributed by atoms with Gasteiger partial charge in [0.25, 0.3) is 5.91 Å². The van der Waals surface area contributed by atoms with E-state index in [1.165, 1.54) is 17.7 Å². The number of halogens is 2. The molecule has 7 nitrogen and oxygen atoms in total. The maximum Gasteiger partial charge on any atom is 0.257 e. The van der Waals surface area contributed by atoms with E-state index in [2.05, 4.69) is 32.8 Å². The van der Waals surface area contributed by atoms with Crippen LogP contribution in [-0.4, -0.2) is 48.0 Å². The number of aryl methyl sites for hydroxylation is 1. The zero-order valence-electron chi connectivity index (χ0n) is 22.0. The molecule has 2 aromatic carbocycles. The zero-order valence-corrected chi connectivity index (χ0v) is 22.8. The standard InChI is InChI=1S/C29H34ClFN4O3/c1-18(2)28(36)33-22-8-4-7-21(17-22)20-11-15-35(16-12-20)14-6-13-32-29(37)25-19(3)38-34-27(25)26-23(30)9-5-10-24(26)31/h4-5,7-10,17-18,20H,6,11-16H2,1-3H3,(H,32,37)(H,33,36). The smallest absolute Gasteiger partial charge is 0.257 e. The van der Waals surface area contributed by atoms with Gasteiger partial charge in [0.15, 0.2) is 0 Å². The van der Waals surface area contributed by atoms with E-state index in [0.717, 1.165) is 44.6 Å². The summed E-state index contributed by atoms with van der Waals surface area (Å²) >= 11 is 6.18. The van der Waals surface area contributed by atoms with Crippen LogP contribution in [0.5, 0.6) is 0 Å². The third kappa shape index (κ3) is 6.60. The molecule has 0 unspecified atom stereocenters. The van der Waals surface area contributed by atoms with Crippen molar-refractivity contribution in [2.45, 2.75) is 46.0 Å². The van der Waals surface area contributed by atoms with E-state index in [0.29, 0.717) is 18.2 Å². The summed E-state index contributed by atoms with van der Waals surface area (Å²) in [6.45, 7) is 8.68. The van der Waals surface area contributed by atoms with E-state index in [-0.39, 0.29) is 39.6 Å². The summed E-state index contributed by atoms with van der Waals surface area (Å²) in [5, 5.41) is 9.97. The van der Waals surface area contributed by atoms with Gasteiger partial charge in [0.1, 0.15) is 22.8 Å². The predicted octanol–water partition coefficient (Wildman–Crippen LogP) is 6.04. The van der Waals surface area contributed by atoms with Crippen molar-refractivity contribution in [1.82, 2.24) is 15.4 Å². The Morgan fingerprint density at radius 1 is 1.18 bits per heavy atom. The second-order valence-corrected chi connectivity index (χ2v) is 10.5. The minimum absolute atomic E-state index is 0.0236. The number of anilines is 1. The first-order valence-electron chi connectivity index (χ1n) is 13.1. The van der Waals surface area contributed by atoms with Crippen LogP contribution in [0.25, 0.3) is 11.3 Å². The predicted molar refractivity (Wildman–Crippen MR) is 147 cm³/mol. The van der Waals surface area contributed by atoms with Gasteiger partial charge < -0.3 is 20.1 Å². The van der Waals surface area contributed by atoms with Crippen molar-refractivity contribution in [3.8, 4) is 11.3 Å². The summed E-state index contributed by atoms with van der Waals surface area (Å²) in [5.74, 6) is -0.180. The highest BCUT2D eigenvalue weighted by Crippen LogP contribution is 2.33. The van der Waals surface area contributed by atoms with Gasteiger partial charge in [-0.2, -0.15) is 0 Å². The molecule has 1 saturated heterocycles. The number of benzene rings is 2. The summed E-state index contributed by atoms with van der Waals surface area (Å²) in [4.78, 5) is 27.3. The number of carbonyl (C=O) groups excluding carboxylic acids is 2. The van der Waals surface area contributed by atoms with Gasteiger partial charge in [-0.15, -0.1) is 0 Å². The van der Waals surface area contributed by atoms with Crippen LogP contribution in [0.15, 0.2) is 47.0 Å². The highest BCUT2D eigenvalue weighted by Gasteiger charge is 2.25. The fraction of sp³-hybridized carbons (Fsp3) is 0.414. The monoisotopic (exact) mass is 540 g/mol. The molecule has 0 aliphatic carbocycles. The third-order valence-electron chi connectivity index (χ3n) is 6.96. The van der Waals surface area contributed by atoms with Crippen molar-refractivity contribution >= 4 is 29.1 Å². The second kappa shape index (κ2) is 12.5. The van der Waals surface area contributed by atoms with Gasteiger partial charge in [-0.05, 0) is 81.6 Å². The van der Waals surface area contributed by atoms with Crippen LogP contribution in [0.4, 0.5) is 10.1 Å². The van der Waals surface area contributed by atoms with E-state index in [1.807, 2.05) is 26.0 Å². The van der Waals surface area contributed by atoms with Crippen molar-refractivity contribution in [3.63, 3.8) is 0 Å². The summed E-state index contributed by atoms with van der Waals surface area (Å²) in [7, 11) is 0. The largest absolute Gasteiger partial charge is 0.360 e. The van der Waals surface area contributed by atoms with Gasteiger partial charge in [0, 0.05) is 18.2 Å². The minimum Gasteiger partial charge on any atom is -0.360 e. The Morgan fingerprint density at radius 2 is 1.92 bits per heavy atom.